The van der Waals surface area contributed by atoms with Crippen molar-refractivity contribution in [2.45, 2.75) is 32.0 Å². The SMILES string of the molecule is COc1c(C)cc(C)cc1C(C)(C)Br. The van der Waals surface area contributed by atoms with E-state index < -0.39 is 0 Å². The van der Waals surface area contributed by atoms with E-state index in [1.54, 1.807) is 7.11 Å². The Kier molecular flexibility index (Phi) is 3.25. The van der Waals surface area contributed by atoms with Crippen LogP contribution in [0.25, 0.3) is 0 Å². The number of methoxy groups -OCH3 is 1. The van der Waals surface area contributed by atoms with E-state index in [9.17, 15) is 0 Å². The third-order valence-electron chi connectivity index (χ3n) is 2.26. The Hall–Kier alpha value is -0.500. The normalized spacial score (nSPS) is 11.6. The molecule has 0 amide bonds. The van der Waals surface area contributed by atoms with Crippen LogP contribution in [-0.4, -0.2) is 7.11 Å². The molecule has 2 heteroatoms. The topological polar surface area (TPSA) is 9.23 Å². The number of rotatable bonds is 2. The minimum absolute atomic E-state index is 0.0465. The lowest BCUT2D eigenvalue weighted by molar-refractivity contribution is 0.403. The smallest absolute Gasteiger partial charge is 0.126 e. The van der Waals surface area contributed by atoms with Crippen LogP contribution in [0.1, 0.15) is 30.5 Å². The maximum Gasteiger partial charge on any atom is 0.126 e. The molecule has 0 bridgehead atoms. The van der Waals surface area contributed by atoms with Gasteiger partial charge in [0.2, 0.25) is 0 Å². The molecule has 1 aromatic rings. The van der Waals surface area contributed by atoms with Crippen LogP contribution in [0.5, 0.6) is 5.75 Å². The lowest BCUT2D eigenvalue weighted by atomic mass is 9.97. The first-order valence-electron chi connectivity index (χ1n) is 4.71. The molecular weight excluding hydrogens is 240 g/mol. The second-order valence-electron chi connectivity index (χ2n) is 4.14. The van der Waals surface area contributed by atoms with Crippen molar-refractivity contribution < 1.29 is 4.74 Å². The van der Waals surface area contributed by atoms with Crippen LogP contribution in [-0.2, 0) is 4.32 Å². The van der Waals surface area contributed by atoms with Crippen LogP contribution >= 0.6 is 15.9 Å². The Balaban J connectivity index is 3.40. The highest BCUT2D eigenvalue weighted by molar-refractivity contribution is 9.09. The maximum atomic E-state index is 5.43. The van der Waals surface area contributed by atoms with E-state index in [-0.39, 0.29) is 4.32 Å². The average molecular weight is 257 g/mol. The summed E-state index contributed by atoms with van der Waals surface area (Å²) in [5.41, 5.74) is 3.67. The summed E-state index contributed by atoms with van der Waals surface area (Å²) in [4.78, 5) is 0. The minimum Gasteiger partial charge on any atom is -0.496 e. The van der Waals surface area contributed by atoms with Gasteiger partial charge in [-0.2, -0.15) is 0 Å². The molecule has 0 spiro atoms. The van der Waals surface area contributed by atoms with Gasteiger partial charge in [0.25, 0.3) is 0 Å². The Morgan fingerprint density at radius 1 is 1.21 bits per heavy atom. The van der Waals surface area contributed by atoms with Gasteiger partial charge in [-0.3, -0.25) is 0 Å². The monoisotopic (exact) mass is 256 g/mol. The molecule has 1 aromatic carbocycles. The van der Waals surface area contributed by atoms with Crippen molar-refractivity contribution in [2.75, 3.05) is 7.11 Å². The molecule has 0 saturated heterocycles. The predicted molar refractivity (Wildman–Crippen MR) is 64.4 cm³/mol. The van der Waals surface area contributed by atoms with E-state index in [2.05, 4.69) is 55.8 Å². The van der Waals surface area contributed by atoms with Crippen LogP contribution in [0.3, 0.4) is 0 Å². The Morgan fingerprint density at radius 2 is 1.79 bits per heavy atom. The van der Waals surface area contributed by atoms with E-state index in [4.69, 9.17) is 4.74 Å². The highest BCUT2D eigenvalue weighted by Crippen LogP contribution is 2.38. The average Bonchev–Trinajstić information content (AvgIpc) is 2.01. The third-order valence-corrected chi connectivity index (χ3v) is 2.69. The number of ether oxygens (including phenoxy) is 1. The third kappa shape index (κ3) is 2.30. The van der Waals surface area contributed by atoms with Crippen LogP contribution in [0.15, 0.2) is 12.1 Å². The molecular formula is C12H17BrO. The molecule has 0 aliphatic rings. The number of aryl methyl sites for hydroxylation is 2. The Labute approximate surface area is 94.6 Å². The van der Waals surface area contributed by atoms with Crippen molar-refractivity contribution in [1.82, 2.24) is 0 Å². The van der Waals surface area contributed by atoms with E-state index in [1.165, 1.54) is 16.7 Å². The fraction of sp³-hybridized carbons (Fsp3) is 0.500. The summed E-state index contributed by atoms with van der Waals surface area (Å²) >= 11 is 3.67. The summed E-state index contributed by atoms with van der Waals surface area (Å²) in [6.07, 6.45) is 0. The summed E-state index contributed by atoms with van der Waals surface area (Å²) in [5.74, 6) is 0.984. The van der Waals surface area contributed by atoms with Gasteiger partial charge in [0.1, 0.15) is 5.75 Å². The summed E-state index contributed by atoms with van der Waals surface area (Å²) < 4.78 is 5.38. The molecule has 0 radical (unpaired) electrons. The zero-order chi connectivity index (χ0) is 10.9. The molecule has 14 heavy (non-hydrogen) atoms. The second-order valence-corrected chi connectivity index (χ2v) is 6.12. The molecule has 0 N–H and O–H groups in total. The van der Waals surface area contributed by atoms with Crippen LogP contribution in [0, 0.1) is 13.8 Å². The summed E-state index contributed by atoms with van der Waals surface area (Å²) in [7, 11) is 1.72. The minimum atomic E-state index is -0.0465. The fourth-order valence-corrected chi connectivity index (χ4v) is 1.96. The van der Waals surface area contributed by atoms with Crippen LogP contribution in [0.2, 0.25) is 0 Å². The molecule has 0 heterocycles. The second kappa shape index (κ2) is 3.93. The number of benzene rings is 1. The van der Waals surface area contributed by atoms with Crippen molar-refractivity contribution in [3.05, 3.63) is 28.8 Å². The number of alkyl halides is 1. The summed E-state index contributed by atoms with van der Waals surface area (Å²) in [6, 6.07) is 4.31. The number of hydrogen-bond acceptors (Lipinski definition) is 1. The Morgan fingerprint density at radius 3 is 2.21 bits per heavy atom. The van der Waals surface area contributed by atoms with Crippen molar-refractivity contribution in [3.8, 4) is 5.75 Å². The largest absolute Gasteiger partial charge is 0.496 e. The fourth-order valence-electron chi connectivity index (χ4n) is 1.67. The lowest BCUT2D eigenvalue weighted by Crippen LogP contribution is -2.10. The number of hydrogen-bond donors (Lipinski definition) is 0. The number of halogens is 1. The quantitative estimate of drug-likeness (QED) is 0.729. The van der Waals surface area contributed by atoms with Gasteiger partial charge in [-0.1, -0.05) is 33.6 Å². The van der Waals surface area contributed by atoms with Crippen molar-refractivity contribution in [1.29, 1.82) is 0 Å². The molecule has 0 unspecified atom stereocenters. The van der Waals surface area contributed by atoms with E-state index >= 15 is 0 Å². The van der Waals surface area contributed by atoms with Gasteiger partial charge in [0.05, 0.1) is 7.11 Å². The van der Waals surface area contributed by atoms with Gasteiger partial charge in [0.15, 0.2) is 0 Å². The van der Waals surface area contributed by atoms with Crippen molar-refractivity contribution in [3.63, 3.8) is 0 Å². The first-order valence-corrected chi connectivity index (χ1v) is 5.50. The van der Waals surface area contributed by atoms with Gasteiger partial charge in [0, 0.05) is 9.89 Å². The van der Waals surface area contributed by atoms with Gasteiger partial charge in [-0.15, -0.1) is 0 Å². The standard InChI is InChI=1S/C12H17BrO/c1-8-6-9(2)11(14-5)10(7-8)12(3,4)13/h6-7H,1-5H3. The van der Waals surface area contributed by atoms with Gasteiger partial charge >= 0.3 is 0 Å². The molecule has 1 nitrogen and oxygen atoms in total. The van der Waals surface area contributed by atoms with Gasteiger partial charge in [-0.25, -0.2) is 0 Å². The van der Waals surface area contributed by atoms with E-state index in [0.717, 1.165) is 5.75 Å². The maximum absolute atomic E-state index is 5.43. The zero-order valence-corrected chi connectivity index (χ0v) is 11.0. The van der Waals surface area contributed by atoms with Crippen LogP contribution in [0.4, 0.5) is 0 Å². The molecule has 0 saturated carbocycles. The molecule has 0 atom stereocenters. The van der Waals surface area contributed by atoms with Gasteiger partial charge < -0.3 is 4.74 Å². The van der Waals surface area contributed by atoms with Gasteiger partial charge in [-0.05, 0) is 33.3 Å². The highest BCUT2D eigenvalue weighted by atomic mass is 79.9. The van der Waals surface area contributed by atoms with Crippen molar-refractivity contribution in [2.24, 2.45) is 0 Å². The van der Waals surface area contributed by atoms with E-state index in [1.807, 2.05) is 0 Å². The molecule has 0 aliphatic carbocycles. The molecule has 78 valence electrons. The molecule has 0 aliphatic heterocycles. The Bertz CT molecular complexity index is 337. The van der Waals surface area contributed by atoms with Crippen molar-refractivity contribution >= 4 is 15.9 Å². The van der Waals surface area contributed by atoms with E-state index in [0.29, 0.717) is 0 Å². The molecule has 1 rings (SSSR count). The summed E-state index contributed by atoms with van der Waals surface area (Å²) in [6.45, 7) is 8.44. The first-order chi connectivity index (χ1) is 6.36. The highest BCUT2D eigenvalue weighted by Gasteiger charge is 2.22. The molecule has 0 aromatic heterocycles. The first kappa shape index (κ1) is 11.6. The molecule has 0 fully saturated rings. The van der Waals surface area contributed by atoms with Crippen LogP contribution < -0.4 is 4.74 Å². The predicted octanol–water partition coefficient (Wildman–Crippen LogP) is 3.94. The zero-order valence-electron chi connectivity index (χ0n) is 9.44. The lowest BCUT2D eigenvalue weighted by Gasteiger charge is -2.22. The summed E-state index contributed by atoms with van der Waals surface area (Å²) in [5, 5.41) is 0.